The Kier molecular flexibility index (Phi) is 3.74. The van der Waals surface area contributed by atoms with Crippen LogP contribution >= 0.6 is 0 Å². The molecule has 1 aromatic carbocycles. The predicted octanol–water partition coefficient (Wildman–Crippen LogP) is 5.49. The normalized spacial score (nSPS) is 14.6. The van der Waals surface area contributed by atoms with E-state index in [0.717, 1.165) is 18.5 Å². The third kappa shape index (κ3) is 2.97. The first kappa shape index (κ1) is 13.8. The van der Waals surface area contributed by atoms with E-state index in [0.29, 0.717) is 0 Å². The van der Waals surface area contributed by atoms with Crippen molar-refractivity contribution in [2.24, 2.45) is 0 Å². The SMILES string of the molecule is CC1=CCCC(c2cc(C)c(-c3cccc(C)c3)cn2)=C1. The molecule has 0 N–H and O–H groups in total. The Bertz CT molecular complexity index is 735. The van der Waals surface area contributed by atoms with Crippen LogP contribution in [0.4, 0.5) is 0 Å². The van der Waals surface area contributed by atoms with Crippen LogP contribution < -0.4 is 0 Å². The topological polar surface area (TPSA) is 12.9 Å². The zero-order valence-corrected chi connectivity index (χ0v) is 13.0. The second-order valence-corrected chi connectivity index (χ2v) is 5.91. The molecular formula is C20H21N. The van der Waals surface area contributed by atoms with Crippen LogP contribution in [0.2, 0.25) is 0 Å². The van der Waals surface area contributed by atoms with Crippen LogP contribution in [0.3, 0.4) is 0 Å². The molecule has 3 rings (SSSR count). The van der Waals surface area contributed by atoms with E-state index in [1.807, 2.05) is 6.20 Å². The molecule has 0 radical (unpaired) electrons. The number of hydrogen-bond acceptors (Lipinski definition) is 1. The van der Waals surface area contributed by atoms with Crippen molar-refractivity contribution in [2.75, 3.05) is 0 Å². The maximum atomic E-state index is 4.71. The largest absolute Gasteiger partial charge is 0.256 e. The van der Waals surface area contributed by atoms with Gasteiger partial charge >= 0.3 is 0 Å². The zero-order valence-electron chi connectivity index (χ0n) is 13.0. The molecule has 0 atom stereocenters. The molecule has 0 spiro atoms. The van der Waals surface area contributed by atoms with Crippen LogP contribution in [0.25, 0.3) is 16.7 Å². The minimum Gasteiger partial charge on any atom is -0.256 e. The van der Waals surface area contributed by atoms with Gasteiger partial charge in [-0.25, -0.2) is 0 Å². The molecule has 106 valence electrons. The van der Waals surface area contributed by atoms with E-state index in [4.69, 9.17) is 4.98 Å². The first-order valence-electron chi connectivity index (χ1n) is 7.55. The van der Waals surface area contributed by atoms with E-state index < -0.39 is 0 Å². The van der Waals surface area contributed by atoms with Gasteiger partial charge in [-0.05, 0) is 56.4 Å². The highest BCUT2D eigenvalue weighted by atomic mass is 14.7. The molecule has 0 aliphatic heterocycles. The summed E-state index contributed by atoms with van der Waals surface area (Å²) in [5.41, 5.74) is 8.88. The molecule has 1 nitrogen and oxygen atoms in total. The highest BCUT2D eigenvalue weighted by Gasteiger charge is 2.10. The smallest absolute Gasteiger partial charge is 0.0664 e. The van der Waals surface area contributed by atoms with Gasteiger partial charge in [0.1, 0.15) is 0 Å². The fraction of sp³-hybridized carbons (Fsp3) is 0.250. The lowest BCUT2D eigenvalue weighted by atomic mass is 9.95. The molecule has 1 aliphatic carbocycles. The van der Waals surface area contributed by atoms with E-state index in [9.17, 15) is 0 Å². The lowest BCUT2D eigenvalue weighted by Gasteiger charge is -2.13. The summed E-state index contributed by atoms with van der Waals surface area (Å²) >= 11 is 0. The van der Waals surface area contributed by atoms with E-state index in [1.165, 1.54) is 33.4 Å². The maximum Gasteiger partial charge on any atom is 0.0664 e. The van der Waals surface area contributed by atoms with Crippen molar-refractivity contribution in [3.63, 3.8) is 0 Å². The minimum absolute atomic E-state index is 1.09. The molecule has 1 aromatic heterocycles. The summed E-state index contributed by atoms with van der Waals surface area (Å²) in [4.78, 5) is 4.71. The molecule has 0 amide bonds. The molecule has 0 saturated heterocycles. The fourth-order valence-corrected chi connectivity index (χ4v) is 2.91. The van der Waals surface area contributed by atoms with Crippen LogP contribution in [0.5, 0.6) is 0 Å². The van der Waals surface area contributed by atoms with Gasteiger partial charge < -0.3 is 0 Å². The number of aromatic nitrogens is 1. The summed E-state index contributed by atoms with van der Waals surface area (Å²) in [5, 5.41) is 0. The molecule has 1 aliphatic rings. The number of benzene rings is 1. The predicted molar refractivity (Wildman–Crippen MR) is 90.1 cm³/mol. The van der Waals surface area contributed by atoms with Crippen molar-refractivity contribution in [1.82, 2.24) is 4.98 Å². The number of nitrogens with zero attached hydrogens (tertiary/aromatic N) is 1. The summed E-state index contributed by atoms with van der Waals surface area (Å²) < 4.78 is 0. The fourth-order valence-electron chi connectivity index (χ4n) is 2.91. The lowest BCUT2D eigenvalue weighted by molar-refractivity contribution is 1.02. The summed E-state index contributed by atoms with van der Waals surface area (Å²) in [6.45, 7) is 6.46. The summed E-state index contributed by atoms with van der Waals surface area (Å²) in [6, 6.07) is 10.8. The van der Waals surface area contributed by atoms with Crippen LogP contribution in [-0.4, -0.2) is 4.98 Å². The number of aryl methyl sites for hydroxylation is 2. The van der Waals surface area contributed by atoms with E-state index >= 15 is 0 Å². The second kappa shape index (κ2) is 5.69. The highest BCUT2D eigenvalue weighted by Crippen LogP contribution is 2.29. The van der Waals surface area contributed by atoms with Gasteiger partial charge in [0.25, 0.3) is 0 Å². The van der Waals surface area contributed by atoms with Crippen molar-refractivity contribution in [3.05, 3.63) is 71.1 Å². The second-order valence-electron chi connectivity index (χ2n) is 5.91. The van der Waals surface area contributed by atoms with Gasteiger partial charge in [-0.15, -0.1) is 0 Å². The maximum absolute atomic E-state index is 4.71. The quantitative estimate of drug-likeness (QED) is 0.706. The van der Waals surface area contributed by atoms with Gasteiger partial charge in [-0.1, -0.05) is 47.6 Å². The van der Waals surface area contributed by atoms with Crippen molar-refractivity contribution in [2.45, 2.75) is 33.6 Å². The Hall–Kier alpha value is -2.15. The van der Waals surface area contributed by atoms with Gasteiger partial charge in [0, 0.05) is 11.8 Å². The Labute approximate surface area is 127 Å². The Balaban J connectivity index is 1.99. The molecule has 21 heavy (non-hydrogen) atoms. The molecule has 0 saturated carbocycles. The Morgan fingerprint density at radius 3 is 2.62 bits per heavy atom. The van der Waals surface area contributed by atoms with Crippen LogP contribution in [0.1, 0.15) is 36.6 Å². The third-order valence-electron chi connectivity index (χ3n) is 4.05. The first-order chi connectivity index (χ1) is 10.1. The molecule has 1 heterocycles. The number of allylic oxidation sites excluding steroid dienone is 4. The lowest BCUT2D eigenvalue weighted by Crippen LogP contribution is -1.96. The van der Waals surface area contributed by atoms with E-state index in [-0.39, 0.29) is 0 Å². The molecule has 0 bridgehead atoms. The number of hydrogen-bond donors (Lipinski definition) is 0. The standard InChI is InChI=1S/C20H21N/c1-14-6-4-8-17(10-14)19-13-21-20(12-16(19)3)18-9-5-7-15(2)11-18/h4,6-8,10-13H,5,9H2,1-3H3. The first-order valence-corrected chi connectivity index (χ1v) is 7.55. The van der Waals surface area contributed by atoms with Gasteiger partial charge in [0.15, 0.2) is 0 Å². The summed E-state index contributed by atoms with van der Waals surface area (Å²) in [6.07, 6.45) is 8.79. The average Bonchev–Trinajstić information content (AvgIpc) is 2.47. The van der Waals surface area contributed by atoms with Crippen molar-refractivity contribution in [3.8, 4) is 11.1 Å². The molecule has 0 fully saturated rings. The minimum atomic E-state index is 1.09. The van der Waals surface area contributed by atoms with E-state index in [2.05, 4.69) is 63.3 Å². The van der Waals surface area contributed by atoms with E-state index in [1.54, 1.807) is 0 Å². The number of pyridine rings is 1. The van der Waals surface area contributed by atoms with Gasteiger partial charge in [-0.2, -0.15) is 0 Å². The van der Waals surface area contributed by atoms with Crippen molar-refractivity contribution < 1.29 is 0 Å². The number of rotatable bonds is 2. The Morgan fingerprint density at radius 2 is 1.90 bits per heavy atom. The monoisotopic (exact) mass is 275 g/mol. The van der Waals surface area contributed by atoms with Gasteiger partial charge in [0.05, 0.1) is 5.69 Å². The van der Waals surface area contributed by atoms with Gasteiger partial charge in [-0.3, -0.25) is 4.98 Å². The van der Waals surface area contributed by atoms with Crippen molar-refractivity contribution in [1.29, 1.82) is 0 Å². The van der Waals surface area contributed by atoms with Crippen LogP contribution in [-0.2, 0) is 0 Å². The van der Waals surface area contributed by atoms with Crippen molar-refractivity contribution >= 4 is 5.57 Å². The van der Waals surface area contributed by atoms with Gasteiger partial charge in [0.2, 0.25) is 0 Å². The van der Waals surface area contributed by atoms with Crippen LogP contribution in [0, 0.1) is 13.8 Å². The van der Waals surface area contributed by atoms with Crippen LogP contribution in [0.15, 0.2) is 54.3 Å². The molecule has 2 aromatic rings. The summed E-state index contributed by atoms with van der Waals surface area (Å²) in [7, 11) is 0. The highest BCUT2D eigenvalue weighted by molar-refractivity contribution is 5.72. The third-order valence-corrected chi connectivity index (χ3v) is 4.05. The summed E-state index contributed by atoms with van der Waals surface area (Å²) in [5.74, 6) is 0. The Morgan fingerprint density at radius 1 is 1.05 bits per heavy atom. The average molecular weight is 275 g/mol. The molecule has 0 unspecified atom stereocenters. The molecule has 1 heteroatoms. The zero-order chi connectivity index (χ0) is 14.8. The molecular weight excluding hydrogens is 254 g/mol.